The van der Waals surface area contributed by atoms with E-state index in [-0.39, 0.29) is 18.2 Å². The minimum Gasteiger partial charge on any atom is -0.372 e. The van der Waals surface area contributed by atoms with Gasteiger partial charge in [0.05, 0.1) is 18.2 Å². The summed E-state index contributed by atoms with van der Waals surface area (Å²) >= 11 is 0. The zero-order valence-electron chi connectivity index (χ0n) is 13.8. The van der Waals surface area contributed by atoms with Gasteiger partial charge in [0.1, 0.15) is 6.10 Å². The molecular formula is C17H26N4O2. The van der Waals surface area contributed by atoms with E-state index in [0.29, 0.717) is 13.2 Å². The second-order valence-corrected chi connectivity index (χ2v) is 6.41. The van der Waals surface area contributed by atoms with Crippen LogP contribution < -0.4 is 10.6 Å². The van der Waals surface area contributed by atoms with Gasteiger partial charge in [0, 0.05) is 26.2 Å². The summed E-state index contributed by atoms with van der Waals surface area (Å²) < 4.78 is 7.80. The lowest BCUT2D eigenvalue weighted by atomic mass is 10.0. The van der Waals surface area contributed by atoms with Gasteiger partial charge in [-0.15, -0.1) is 0 Å². The maximum atomic E-state index is 12.0. The number of ether oxygens (including phenoxy) is 1. The fourth-order valence-corrected chi connectivity index (χ4v) is 3.35. The zero-order valence-corrected chi connectivity index (χ0v) is 13.8. The van der Waals surface area contributed by atoms with Gasteiger partial charge in [-0.3, -0.25) is 0 Å². The van der Waals surface area contributed by atoms with Gasteiger partial charge < -0.3 is 19.9 Å². The summed E-state index contributed by atoms with van der Waals surface area (Å²) in [7, 11) is 1.97. The van der Waals surface area contributed by atoms with E-state index < -0.39 is 0 Å². The zero-order chi connectivity index (χ0) is 16.1. The Hall–Kier alpha value is -1.82. The van der Waals surface area contributed by atoms with Crippen molar-refractivity contribution in [2.24, 2.45) is 7.05 Å². The molecule has 2 aliphatic rings. The van der Waals surface area contributed by atoms with Crippen molar-refractivity contribution >= 4 is 6.03 Å². The minimum absolute atomic E-state index is 0.00481. The number of carbonyl (C=O) groups is 1. The Morgan fingerprint density at radius 3 is 3.17 bits per heavy atom. The first-order chi connectivity index (χ1) is 11.2. The third kappa shape index (κ3) is 4.34. The Labute approximate surface area is 137 Å². The highest BCUT2D eigenvalue weighted by atomic mass is 16.5. The van der Waals surface area contributed by atoms with Gasteiger partial charge in [0.25, 0.3) is 0 Å². The van der Waals surface area contributed by atoms with E-state index in [0.717, 1.165) is 25.0 Å². The molecule has 2 amide bonds. The van der Waals surface area contributed by atoms with Gasteiger partial charge in [-0.2, -0.15) is 0 Å². The van der Waals surface area contributed by atoms with E-state index in [4.69, 9.17) is 4.74 Å². The van der Waals surface area contributed by atoms with E-state index in [2.05, 4.69) is 21.7 Å². The topological polar surface area (TPSA) is 68.2 Å². The van der Waals surface area contributed by atoms with E-state index in [1.165, 1.54) is 24.8 Å². The highest BCUT2D eigenvalue weighted by molar-refractivity contribution is 5.74. The number of hydrogen-bond acceptors (Lipinski definition) is 3. The van der Waals surface area contributed by atoms with E-state index in [1.807, 2.05) is 17.8 Å². The molecule has 1 aliphatic carbocycles. The van der Waals surface area contributed by atoms with Crippen LogP contribution in [0.2, 0.25) is 0 Å². The van der Waals surface area contributed by atoms with Crippen LogP contribution in [0.4, 0.5) is 4.79 Å². The molecule has 2 heterocycles. The Bertz CT molecular complexity index is 567. The molecule has 0 spiro atoms. The molecule has 126 valence electrons. The number of nitrogens with one attached hydrogen (secondary N) is 2. The van der Waals surface area contributed by atoms with Crippen LogP contribution >= 0.6 is 0 Å². The van der Waals surface area contributed by atoms with Crippen molar-refractivity contribution in [2.75, 3.05) is 13.2 Å². The molecule has 6 heteroatoms. The Morgan fingerprint density at radius 1 is 1.52 bits per heavy atom. The number of rotatable bonds is 5. The van der Waals surface area contributed by atoms with Crippen LogP contribution in [0.25, 0.3) is 0 Å². The molecule has 1 aromatic rings. The summed E-state index contributed by atoms with van der Waals surface area (Å²) in [5, 5.41) is 6.05. The van der Waals surface area contributed by atoms with Gasteiger partial charge in [-0.25, -0.2) is 9.78 Å². The van der Waals surface area contributed by atoms with Crippen molar-refractivity contribution < 1.29 is 9.53 Å². The van der Waals surface area contributed by atoms with Gasteiger partial charge in [-0.05, 0) is 38.5 Å². The second-order valence-electron chi connectivity index (χ2n) is 6.41. The largest absolute Gasteiger partial charge is 0.372 e. The summed E-state index contributed by atoms with van der Waals surface area (Å²) in [6, 6.07) is 0.0774. The van der Waals surface area contributed by atoms with Crippen molar-refractivity contribution in [3.05, 3.63) is 29.9 Å². The number of amides is 2. The fourth-order valence-electron chi connectivity index (χ4n) is 3.35. The first kappa shape index (κ1) is 16.1. The predicted molar refractivity (Wildman–Crippen MR) is 88.0 cm³/mol. The number of carbonyl (C=O) groups excluding carboxylic acids is 1. The molecule has 1 saturated heterocycles. The third-order valence-electron chi connectivity index (χ3n) is 4.67. The molecule has 0 radical (unpaired) electrons. The maximum Gasteiger partial charge on any atom is 0.315 e. The maximum absolute atomic E-state index is 12.0. The molecule has 0 saturated carbocycles. The number of aromatic nitrogens is 2. The Kier molecular flexibility index (Phi) is 5.33. The highest BCUT2D eigenvalue weighted by Gasteiger charge is 2.26. The van der Waals surface area contributed by atoms with Crippen molar-refractivity contribution in [2.45, 2.75) is 50.7 Å². The molecule has 0 unspecified atom stereocenters. The average molecular weight is 318 g/mol. The molecule has 1 aliphatic heterocycles. The summed E-state index contributed by atoms with van der Waals surface area (Å²) in [5.41, 5.74) is 2.54. The normalized spacial score (nSPS) is 24.3. The molecule has 1 fully saturated rings. The standard InChI is InChI=1S/C17H26N4O2/c1-21-12-18-11-15(21)16-10-14(7-9-23-16)20-17(22)19-8-6-13-4-2-3-5-13/h4,11-12,14,16H,2-3,5-10H2,1H3,(H2,19,20,22)/t14-,16-/m0/s1. The van der Waals surface area contributed by atoms with E-state index >= 15 is 0 Å². The van der Waals surface area contributed by atoms with Crippen LogP contribution in [-0.2, 0) is 11.8 Å². The van der Waals surface area contributed by atoms with Crippen LogP contribution in [0.1, 0.15) is 50.3 Å². The first-order valence-electron chi connectivity index (χ1n) is 8.52. The fraction of sp³-hybridized carbons (Fsp3) is 0.647. The number of urea groups is 1. The summed E-state index contributed by atoms with van der Waals surface area (Å²) in [5.74, 6) is 0. The van der Waals surface area contributed by atoms with Crippen LogP contribution in [-0.4, -0.2) is 34.8 Å². The molecule has 0 bridgehead atoms. The van der Waals surface area contributed by atoms with Crippen molar-refractivity contribution in [1.29, 1.82) is 0 Å². The number of allylic oxidation sites excluding steroid dienone is 1. The molecule has 6 nitrogen and oxygen atoms in total. The molecule has 1 aromatic heterocycles. The molecule has 0 aromatic carbocycles. The predicted octanol–water partition coefficient (Wildman–Crippen LogP) is 2.44. The molecular weight excluding hydrogens is 292 g/mol. The highest BCUT2D eigenvalue weighted by Crippen LogP contribution is 2.27. The smallest absolute Gasteiger partial charge is 0.315 e. The van der Waals surface area contributed by atoms with Crippen molar-refractivity contribution in [3.63, 3.8) is 0 Å². The summed E-state index contributed by atoms with van der Waals surface area (Å²) in [4.78, 5) is 16.2. The number of nitrogens with zero attached hydrogens (tertiary/aromatic N) is 2. The van der Waals surface area contributed by atoms with Crippen molar-refractivity contribution in [3.8, 4) is 0 Å². The summed E-state index contributed by atoms with van der Waals surface area (Å²) in [6.45, 7) is 1.37. The van der Waals surface area contributed by atoms with Crippen LogP contribution in [0, 0.1) is 0 Å². The third-order valence-corrected chi connectivity index (χ3v) is 4.67. The monoisotopic (exact) mass is 318 g/mol. The summed E-state index contributed by atoms with van der Waals surface area (Å²) in [6.07, 6.45) is 12.2. The molecule has 2 atom stereocenters. The number of hydrogen-bond donors (Lipinski definition) is 2. The van der Waals surface area contributed by atoms with Gasteiger partial charge in [-0.1, -0.05) is 11.6 Å². The Balaban J connectivity index is 1.42. The molecule has 3 rings (SSSR count). The van der Waals surface area contributed by atoms with Crippen LogP contribution in [0.5, 0.6) is 0 Å². The second kappa shape index (κ2) is 7.64. The lowest BCUT2D eigenvalue weighted by Gasteiger charge is -2.30. The van der Waals surface area contributed by atoms with Gasteiger partial charge in [0.15, 0.2) is 0 Å². The van der Waals surface area contributed by atoms with Gasteiger partial charge in [0.2, 0.25) is 0 Å². The minimum atomic E-state index is -0.0701. The SMILES string of the molecule is Cn1cncc1[C@@H]1C[C@@H](NC(=O)NCCC2=CCCC2)CCO1. The van der Waals surface area contributed by atoms with Crippen LogP contribution in [0.15, 0.2) is 24.2 Å². The molecule has 2 N–H and O–H groups in total. The number of imidazole rings is 1. The van der Waals surface area contributed by atoms with E-state index in [1.54, 1.807) is 6.33 Å². The average Bonchev–Trinajstić information content (AvgIpc) is 3.19. The molecule has 23 heavy (non-hydrogen) atoms. The van der Waals surface area contributed by atoms with Crippen LogP contribution in [0.3, 0.4) is 0 Å². The van der Waals surface area contributed by atoms with E-state index in [9.17, 15) is 4.79 Å². The Morgan fingerprint density at radius 2 is 2.43 bits per heavy atom. The van der Waals surface area contributed by atoms with Gasteiger partial charge >= 0.3 is 6.03 Å². The lowest BCUT2D eigenvalue weighted by molar-refractivity contribution is -0.00176. The number of aryl methyl sites for hydroxylation is 1. The van der Waals surface area contributed by atoms with Crippen molar-refractivity contribution in [1.82, 2.24) is 20.2 Å². The quantitative estimate of drug-likeness (QED) is 0.819. The lowest BCUT2D eigenvalue weighted by Crippen LogP contribution is -2.45. The first-order valence-corrected chi connectivity index (χ1v) is 8.52.